The maximum atomic E-state index is 12.2. The molecule has 27 heavy (non-hydrogen) atoms. The van der Waals surface area contributed by atoms with Crippen molar-refractivity contribution in [1.82, 2.24) is 5.43 Å². The minimum absolute atomic E-state index is 0.0275. The van der Waals surface area contributed by atoms with Crippen LogP contribution in [0.3, 0.4) is 0 Å². The summed E-state index contributed by atoms with van der Waals surface area (Å²) >= 11 is 0. The summed E-state index contributed by atoms with van der Waals surface area (Å²) < 4.78 is 5.04. The van der Waals surface area contributed by atoms with Crippen LogP contribution >= 0.6 is 0 Å². The number of hydrazone groups is 1. The Balaban J connectivity index is 1.62. The van der Waals surface area contributed by atoms with E-state index in [1.54, 1.807) is 25.1 Å². The molecule has 0 bridgehead atoms. The predicted octanol–water partition coefficient (Wildman–Crippen LogP) is 3.50. The van der Waals surface area contributed by atoms with Crippen molar-refractivity contribution >= 4 is 28.6 Å². The third-order valence-corrected chi connectivity index (χ3v) is 4.15. The van der Waals surface area contributed by atoms with E-state index in [0.29, 0.717) is 11.3 Å². The fourth-order valence-electron chi connectivity index (χ4n) is 2.67. The SMILES string of the molecule is COc1cccc(/C=N/NC(=O)[C@H](C)Nc2ccc3ccccc3c2)c1O. The second-order valence-corrected chi connectivity index (χ2v) is 6.06. The molecule has 3 N–H and O–H groups in total. The molecule has 0 aromatic heterocycles. The van der Waals surface area contributed by atoms with Crippen LogP contribution in [0.25, 0.3) is 10.8 Å². The van der Waals surface area contributed by atoms with Crippen LogP contribution in [0.2, 0.25) is 0 Å². The van der Waals surface area contributed by atoms with E-state index in [0.717, 1.165) is 16.5 Å². The number of aromatic hydroxyl groups is 1. The molecule has 1 amide bonds. The van der Waals surface area contributed by atoms with E-state index in [4.69, 9.17) is 4.74 Å². The summed E-state index contributed by atoms with van der Waals surface area (Å²) in [7, 11) is 1.47. The third kappa shape index (κ3) is 4.36. The van der Waals surface area contributed by atoms with Gasteiger partial charge >= 0.3 is 0 Å². The van der Waals surface area contributed by atoms with E-state index in [2.05, 4.69) is 15.8 Å². The van der Waals surface area contributed by atoms with E-state index in [1.165, 1.54) is 13.3 Å². The Morgan fingerprint density at radius 3 is 2.67 bits per heavy atom. The molecule has 6 nitrogen and oxygen atoms in total. The molecule has 0 fully saturated rings. The molecule has 0 heterocycles. The molecular weight excluding hydrogens is 342 g/mol. The van der Waals surface area contributed by atoms with Gasteiger partial charge in [0.1, 0.15) is 6.04 Å². The lowest BCUT2D eigenvalue weighted by atomic mass is 10.1. The fourth-order valence-corrected chi connectivity index (χ4v) is 2.67. The normalized spacial score (nSPS) is 12.1. The summed E-state index contributed by atoms with van der Waals surface area (Å²) in [4.78, 5) is 12.2. The number of anilines is 1. The fraction of sp³-hybridized carbons (Fsp3) is 0.143. The molecule has 0 aliphatic heterocycles. The number of carbonyl (C=O) groups is 1. The number of para-hydroxylation sites is 1. The van der Waals surface area contributed by atoms with Gasteiger partial charge in [0.15, 0.2) is 11.5 Å². The van der Waals surface area contributed by atoms with Gasteiger partial charge in [0.25, 0.3) is 5.91 Å². The number of phenolic OH excluding ortho intramolecular Hbond substituents is 1. The maximum Gasteiger partial charge on any atom is 0.262 e. The van der Waals surface area contributed by atoms with E-state index in [-0.39, 0.29) is 11.7 Å². The Morgan fingerprint density at radius 1 is 1.11 bits per heavy atom. The first-order chi connectivity index (χ1) is 13.1. The topological polar surface area (TPSA) is 83.0 Å². The Hall–Kier alpha value is -3.54. The second kappa shape index (κ2) is 8.23. The van der Waals surface area contributed by atoms with Crippen LogP contribution in [0.5, 0.6) is 11.5 Å². The average Bonchev–Trinajstić information content (AvgIpc) is 2.69. The van der Waals surface area contributed by atoms with Crippen molar-refractivity contribution in [3.05, 3.63) is 66.2 Å². The summed E-state index contributed by atoms with van der Waals surface area (Å²) in [6.07, 6.45) is 1.37. The Morgan fingerprint density at radius 2 is 1.89 bits per heavy atom. The quantitative estimate of drug-likeness (QED) is 0.462. The van der Waals surface area contributed by atoms with Gasteiger partial charge in [-0.15, -0.1) is 0 Å². The molecule has 0 radical (unpaired) electrons. The standard InChI is InChI=1S/C21H21N3O3/c1-14(23-18-11-10-15-6-3-4-7-16(15)12-18)21(26)24-22-13-17-8-5-9-19(27-2)20(17)25/h3-14,23,25H,1-2H3,(H,24,26)/b22-13+/t14-/m0/s1. The lowest BCUT2D eigenvalue weighted by Gasteiger charge is -2.14. The first-order valence-electron chi connectivity index (χ1n) is 8.52. The van der Waals surface area contributed by atoms with Crippen LogP contribution in [-0.4, -0.2) is 30.4 Å². The van der Waals surface area contributed by atoms with Crippen molar-refractivity contribution < 1.29 is 14.6 Å². The summed E-state index contributed by atoms with van der Waals surface area (Å²) in [6, 6.07) is 18.5. The molecule has 1 atom stereocenters. The molecule has 0 unspecified atom stereocenters. The lowest BCUT2D eigenvalue weighted by Crippen LogP contribution is -2.34. The van der Waals surface area contributed by atoms with Crippen LogP contribution in [-0.2, 0) is 4.79 Å². The minimum atomic E-state index is -0.484. The largest absolute Gasteiger partial charge is 0.504 e. The van der Waals surface area contributed by atoms with Crippen molar-refractivity contribution in [1.29, 1.82) is 0 Å². The minimum Gasteiger partial charge on any atom is -0.504 e. The summed E-state index contributed by atoms with van der Waals surface area (Å²) in [5.41, 5.74) is 3.77. The highest BCUT2D eigenvalue weighted by Gasteiger charge is 2.12. The summed E-state index contributed by atoms with van der Waals surface area (Å²) in [5, 5.41) is 19.3. The van der Waals surface area contributed by atoms with Crippen LogP contribution in [0.15, 0.2) is 65.8 Å². The number of ether oxygens (including phenoxy) is 1. The van der Waals surface area contributed by atoms with Gasteiger partial charge in [0.2, 0.25) is 0 Å². The van der Waals surface area contributed by atoms with Gasteiger partial charge in [-0.25, -0.2) is 5.43 Å². The smallest absolute Gasteiger partial charge is 0.262 e. The van der Waals surface area contributed by atoms with Crippen LogP contribution in [0.4, 0.5) is 5.69 Å². The van der Waals surface area contributed by atoms with Gasteiger partial charge in [0.05, 0.1) is 13.3 Å². The van der Waals surface area contributed by atoms with E-state index >= 15 is 0 Å². The van der Waals surface area contributed by atoms with Crippen LogP contribution in [0, 0.1) is 0 Å². The van der Waals surface area contributed by atoms with Crippen molar-refractivity contribution in [2.45, 2.75) is 13.0 Å². The number of nitrogens with one attached hydrogen (secondary N) is 2. The van der Waals surface area contributed by atoms with Crippen molar-refractivity contribution in [3.63, 3.8) is 0 Å². The molecule has 0 aliphatic rings. The van der Waals surface area contributed by atoms with Gasteiger partial charge in [-0.3, -0.25) is 4.79 Å². The number of rotatable bonds is 6. The molecule has 6 heteroatoms. The number of phenols is 1. The first kappa shape index (κ1) is 18.3. The highest BCUT2D eigenvalue weighted by molar-refractivity contribution is 5.89. The zero-order valence-electron chi connectivity index (χ0n) is 15.1. The number of methoxy groups -OCH3 is 1. The number of nitrogens with zero attached hydrogens (tertiary/aromatic N) is 1. The first-order valence-corrected chi connectivity index (χ1v) is 8.52. The Labute approximate surface area is 157 Å². The summed E-state index contributed by atoms with van der Waals surface area (Å²) in [6.45, 7) is 1.75. The van der Waals surface area contributed by atoms with Crippen LogP contribution < -0.4 is 15.5 Å². The van der Waals surface area contributed by atoms with Gasteiger partial charge < -0.3 is 15.2 Å². The van der Waals surface area contributed by atoms with Crippen molar-refractivity contribution in [3.8, 4) is 11.5 Å². The van der Waals surface area contributed by atoms with E-state index < -0.39 is 6.04 Å². The molecule has 0 saturated carbocycles. The van der Waals surface area contributed by atoms with Crippen molar-refractivity contribution in [2.24, 2.45) is 5.10 Å². The monoisotopic (exact) mass is 363 g/mol. The molecular formula is C21H21N3O3. The van der Waals surface area contributed by atoms with E-state index in [9.17, 15) is 9.90 Å². The molecule has 3 aromatic carbocycles. The van der Waals surface area contributed by atoms with Gasteiger partial charge in [-0.1, -0.05) is 36.4 Å². The second-order valence-electron chi connectivity index (χ2n) is 6.06. The summed E-state index contributed by atoms with van der Waals surface area (Å²) in [5.74, 6) is 0.0266. The molecule has 0 spiro atoms. The lowest BCUT2D eigenvalue weighted by molar-refractivity contribution is -0.121. The maximum absolute atomic E-state index is 12.2. The number of fused-ring (bicyclic) bond motifs is 1. The average molecular weight is 363 g/mol. The molecule has 3 aromatic rings. The highest BCUT2D eigenvalue weighted by atomic mass is 16.5. The van der Waals surface area contributed by atoms with Crippen molar-refractivity contribution in [2.75, 3.05) is 12.4 Å². The number of carbonyl (C=O) groups excluding carboxylic acids is 1. The van der Waals surface area contributed by atoms with Gasteiger partial charge in [-0.2, -0.15) is 5.10 Å². The predicted molar refractivity (Wildman–Crippen MR) is 107 cm³/mol. The van der Waals surface area contributed by atoms with Gasteiger partial charge in [-0.05, 0) is 42.0 Å². The number of amides is 1. The zero-order valence-corrected chi connectivity index (χ0v) is 15.1. The van der Waals surface area contributed by atoms with Gasteiger partial charge in [0, 0.05) is 11.3 Å². The van der Waals surface area contributed by atoms with E-state index in [1.807, 2.05) is 42.5 Å². The number of hydrogen-bond donors (Lipinski definition) is 3. The number of benzene rings is 3. The molecule has 0 saturated heterocycles. The molecule has 3 rings (SSSR count). The van der Waals surface area contributed by atoms with Crippen LogP contribution in [0.1, 0.15) is 12.5 Å². The zero-order chi connectivity index (χ0) is 19.2. The number of hydrogen-bond acceptors (Lipinski definition) is 5. The third-order valence-electron chi connectivity index (χ3n) is 4.15. The Kier molecular flexibility index (Phi) is 5.56. The molecule has 0 aliphatic carbocycles. The molecule has 138 valence electrons. The highest BCUT2D eigenvalue weighted by Crippen LogP contribution is 2.27. The Bertz CT molecular complexity index is 985.